The van der Waals surface area contributed by atoms with Crippen LogP contribution in [-0.4, -0.2) is 47.6 Å². The quantitative estimate of drug-likeness (QED) is 0.549. The number of ether oxygens (including phenoxy) is 2. The highest BCUT2D eigenvalue weighted by Gasteiger charge is 2.73. The molecule has 0 aliphatic carbocycles. The molecule has 8 nitrogen and oxygen atoms in total. The summed E-state index contributed by atoms with van der Waals surface area (Å²) in [4.78, 5) is 28.0. The van der Waals surface area contributed by atoms with Crippen molar-refractivity contribution in [2.45, 2.75) is 50.2 Å². The number of amides is 1. The molecule has 2 fully saturated rings. The maximum absolute atomic E-state index is 13.5. The van der Waals surface area contributed by atoms with Crippen molar-refractivity contribution in [3.8, 4) is 11.5 Å². The number of hydrogen-bond donors (Lipinski definition) is 1. The molecule has 0 aromatic heterocycles. The first-order valence-corrected chi connectivity index (χ1v) is 11.2. The van der Waals surface area contributed by atoms with E-state index in [4.69, 9.17) is 9.47 Å². The number of rotatable bonds is 6. The summed E-state index contributed by atoms with van der Waals surface area (Å²) in [7, 11) is 0. The molecule has 3 aliphatic rings. The molecule has 3 aliphatic heterocycles. The molecular formula is C24H27N3O5. The Bertz CT molecular complexity index is 1070. The van der Waals surface area contributed by atoms with Crippen LogP contribution in [0.2, 0.25) is 0 Å². The minimum atomic E-state index is -1.31. The average molecular weight is 437 g/mol. The summed E-state index contributed by atoms with van der Waals surface area (Å²) < 4.78 is 11.5. The number of carbonyl (C=O) groups is 1. The van der Waals surface area contributed by atoms with E-state index < -0.39 is 17.5 Å². The van der Waals surface area contributed by atoms with Gasteiger partial charge in [0.1, 0.15) is 0 Å². The van der Waals surface area contributed by atoms with Crippen LogP contribution in [0, 0.1) is 10.1 Å². The molecule has 0 bridgehead atoms. The summed E-state index contributed by atoms with van der Waals surface area (Å²) in [5, 5.41) is 15.6. The van der Waals surface area contributed by atoms with Gasteiger partial charge >= 0.3 is 0 Å². The zero-order chi connectivity index (χ0) is 22.5. The van der Waals surface area contributed by atoms with Gasteiger partial charge in [-0.15, -0.1) is 0 Å². The number of para-hydroxylation sites is 1. The van der Waals surface area contributed by atoms with Crippen LogP contribution >= 0.6 is 0 Å². The fourth-order valence-electron chi connectivity index (χ4n) is 6.05. The van der Waals surface area contributed by atoms with Crippen molar-refractivity contribution in [2.75, 3.05) is 25.1 Å². The summed E-state index contributed by atoms with van der Waals surface area (Å²) in [6.07, 6.45) is 1.71. The van der Waals surface area contributed by atoms with Gasteiger partial charge in [-0.3, -0.25) is 19.8 Å². The number of nitro groups is 1. The normalized spacial score (nSPS) is 28.4. The molecule has 3 heterocycles. The number of benzene rings is 2. The molecule has 8 heteroatoms. The van der Waals surface area contributed by atoms with Gasteiger partial charge in [0.2, 0.25) is 0 Å². The van der Waals surface area contributed by atoms with E-state index in [0.717, 1.165) is 18.4 Å². The highest BCUT2D eigenvalue weighted by atomic mass is 16.6. The third-order valence-corrected chi connectivity index (χ3v) is 7.05. The number of fused-ring (bicyclic) bond motifs is 4. The molecule has 5 rings (SSSR count). The van der Waals surface area contributed by atoms with Crippen LogP contribution in [0.15, 0.2) is 42.5 Å². The lowest BCUT2D eigenvalue weighted by molar-refractivity contribution is -0.534. The third kappa shape index (κ3) is 2.75. The second kappa shape index (κ2) is 7.78. The zero-order valence-electron chi connectivity index (χ0n) is 18.2. The van der Waals surface area contributed by atoms with Crippen LogP contribution in [0.4, 0.5) is 5.69 Å². The summed E-state index contributed by atoms with van der Waals surface area (Å²) in [5.74, 6) is 0.455. The molecule has 0 saturated carbocycles. The third-order valence-electron chi connectivity index (χ3n) is 7.05. The van der Waals surface area contributed by atoms with Crippen LogP contribution in [0.1, 0.15) is 43.7 Å². The summed E-state index contributed by atoms with van der Waals surface area (Å²) in [6.45, 7) is 5.41. The van der Waals surface area contributed by atoms with E-state index in [9.17, 15) is 14.9 Å². The van der Waals surface area contributed by atoms with Gasteiger partial charge in [0, 0.05) is 28.8 Å². The van der Waals surface area contributed by atoms with Crippen molar-refractivity contribution in [1.82, 2.24) is 4.90 Å². The van der Waals surface area contributed by atoms with E-state index in [1.165, 1.54) is 0 Å². The van der Waals surface area contributed by atoms with Gasteiger partial charge in [-0.2, -0.15) is 0 Å². The van der Waals surface area contributed by atoms with Gasteiger partial charge in [0.15, 0.2) is 17.0 Å². The second-order valence-corrected chi connectivity index (χ2v) is 8.50. The van der Waals surface area contributed by atoms with E-state index >= 15 is 0 Å². The molecule has 2 saturated heterocycles. The van der Waals surface area contributed by atoms with Gasteiger partial charge in [-0.25, -0.2) is 0 Å². The fraction of sp³-hybridized carbons (Fsp3) is 0.458. The Kier molecular flexibility index (Phi) is 5.04. The van der Waals surface area contributed by atoms with Crippen molar-refractivity contribution in [2.24, 2.45) is 0 Å². The predicted octanol–water partition coefficient (Wildman–Crippen LogP) is 3.54. The standard InChI is InChI=1S/C24H27N3O5/c1-3-31-19-12-11-15(14-20(19)32-4-2)21-18-10-7-13-26(18)24(22(21)27(29)30)16-8-5-6-9-17(16)25-23(24)28/h5-6,8-9,11-12,14,18,21-22H,3-4,7,10,13H2,1-2H3,(H,25,28)/t18-,21+,22+,24-/m0/s1. The molecule has 1 amide bonds. The van der Waals surface area contributed by atoms with Crippen molar-refractivity contribution in [3.63, 3.8) is 0 Å². The summed E-state index contributed by atoms with van der Waals surface area (Å²) in [6, 6.07) is 11.7. The highest BCUT2D eigenvalue weighted by Crippen LogP contribution is 2.58. The largest absolute Gasteiger partial charge is 0.490 e. The van der Waals surface area contributed by atoms with Crippen molar-refractivity contribution in [3.05, 3.63) is 63.7 Å². The topological polar surface area (TPSA) is 93.9 Å². The molecule has 0 unspecified atom stereocenters. The maximum Gasteiger partial charge on any atom is 0.256 e. The lowest BCUT2D eigenvalue weighted by Crippen LogP contribution is -2.55. The first kappa shape index (κ1) is 20.8. The van der Waals surface area contributed by atoms with Gasteiger partial charge in [0.25, 0.3) is 11.9 Å². The van der Waals surface area contributed by atoms with Crippen molar-refractivity contribution in [1.29, 1.82) is 0 Å². The number of hydrogen-bond acceptors (Lipinski definition) is 6. The van der Waals surface area contributed by atoms with Gasteiger partial charge < -0.3 is 14.8 Å². The monoisotopic (exact) mass is 437 g/mol. The molecule has 32 heavy (non-hydrogen) atoms. The lowest BCUT2D eigenvalue weighted by atomic mass is 9.77. The molecule has 168 valence electrons. The predicted molar refractivity (Wildman–Crippen MR) is 119 cm³/mol. The van der Waals surface area contributed by atoms with Crippen molar-refractivity contribution >= 4 is 11.6 Å². The van der Waals surface area contributed by atoms with Gasteiger partial charge in [0.05, 0.1) is 19.1 Å². The smallest absolute Gasteiger partial charge is 0.256 e. The number of carbonyl (C=O) groups excluding carboxylic acids is 1. The number of nitrogens with one attached hydrogen (secondary N) is 1. The first-order valence-electron chi connectivity index (χ1n) is 11.2. The summed E-state index contributed by atoms with van der Waals surface area (Å²) >= 11 is 0. The molecule has 4 atom stereocenters. The second-order valence-electron chi connectivity index (χ2n) is 8.50. The Hall–Kier alpha value is -3.13. The maximum atomic E-state index is 13.5. The van der Waals surface area contributed by atoms with Crippen LogP contribution in [0.25, 0.3) is 0 Å². The Balaban J connectivity index is 1.69. The molecule has 2 aromatic rings. The Morgan fingerprint density at radius 2 is 1.91 bits per heavy atom. The minimum absolute atomic E-state index is 0.102. The van der Waals surface area contributed by atoms with Crippen LogP contribution < -0.4 is 14.8 Å². The van der Waals surface area contributed by atoms with E-state index in [1.54, 1.807) is 0 Å². The molecular weight excluding hydrogens is 410 g/mol. The van der Waals surface area contributed by atoms with Gasteiger partial charge in [-0.1, -0.05) is 24.3 Å². The highest BCUT2D eigenvalue weighted by molar-refractivity contribution is 6.07. The minimum Gasteiger partial charge on any atom is -0.490 e. The molecule has 2 aromatic carbocycles. The van der Waals surface area contributed by atoms with E-state index in [1.807, 2.05) is 56.3 Å². The molecule has 0 radical (unpaired) electrons. The Morgan fingerprint density at radius 3 is 2.66 bits per heavy atom. The number of anilines is 1. The Morgan fingerprint density at radius 1 is 1.16 bits per heavy atom. The van der Waals surface area contributed by atoms with Crippen LogP contribution in [0.3, 0.4) is 0 Å². The van der Waals surface area contributed by atoms with E-state index in [2.05, 4.69) is 10.2 Å². The fourth-order valence-corrected chi connectivity index (χ4v) is 6.05. The summed E-state index contributed by atoms with van der Waals surface area (Å²) in [5.41, 5.74) is 0.870. The SMILES string of the molecule is CCOc1ccc([C@@H]2[C@@H]3CCCN3[C@]3(C(=O)Nc4ccccc43)[C@@H]2[N+](=O)[O-])cc1OCC. The first-order chi connectivity index (χ1) is 15.5. The zero-order valence-corrected chi connectivity index (χ0v) is 18.2. The van der Waals surface area contributed by atoms with Crippen molar-refractivity contribution < 1.29 is 19.2 Å². The van der Waals surface area contributed by atoms with E-state index in [-0.39, 0.29) is 16.9 Å². The Labute approximate surface area is 186 Å². The van der Waals surface area contributed by atoms with E-state index in [0.29, 0.717) is 42.5 Å². The molecule has 1 spiro atoms. The lowest BCUT2D eigenvalue weighted by Gasteiger charge is -2.32. The van der Waals surface area contributed by atoms with Crippen LogP contribution in [-0.2, 0) is 10.3 Å². The number of nitrogens with zero attached hydrogens (tertiary/aromatic N) is 2. The molecule has 1 N–H and O–H groups in total. The average Bonchev–Trinajstić information content (AvgIpc) is 3.43. The van der Waals surface area contributed by atoms with Crippen LogP contribution in [0.5, 0.6) is 11.5 Å². The van der Waals surface area contributed by atoms with Gasteiger partial charge in [-0.05, 0) is 50.5 Å².